The lowest BCUT2D eigenvalue weighted by Crippen LogP contribution is -2.33. The Hall–Kier alpha value is -0.610. The van der Waals surface area contributed by atoms with Gasteiger partial charge >= 0.3 is 0 Å². The van der Waals surface area contributed by atoms with E-state index in [-0.39, 0.29) is 5.56 Å². The van der Waals surface area contributed by atoms with Crippen LogP contribution in [-0.4, -0.2) is 17.2 Å². The lowest BCUT2D eigenvalue weighted by atomic mass is 10.1. The second-order valence-corrected chi connectivity index (χ2v) is 5.85. The summed E-state index contributed by atoms with van der Waals surface area (Å²) in [5, 5.41) is 3.58. The fraction of sp³-hybridized carbons (Fsp3) is 0.643. The van der Waals surface area contributed by atoms with E-state index in [1.807, 2.05) is 12.3 Å². The normalized spacial score (nSPS) is 17.6. The lowest BCUT2D eigenvalue weighted by molar-refractivity contribution is 0.442. The summed E-state index contributed by atoms with van der Waals surface area (Å²) in [6, 6.07) is 4.34. The van der Waals surface area contributed by atoms with Gasteiger partial charge in [0.25, 0.3) is 5.56 Å². The van der Waals surface area contributed by atoms with Gasteiger partial charge in [-0.25, -0.2) is 0 Å². The molecule has 100 valence electrons. The van der Waals surface area contributed by atoms with Crippen molar-refractivity contribution in [3.8, 4) is 0 Å². The number of rotatable bonds is 4. The molecule has 1 saturated carbocycles. The van der Waals surface area contributed by atoms with Gasteiger partial charge in [0.1, 0.15) is 0 Å². The van der Waals surface area contributed by atoms with Crippen LogP contribution in [0, 0.1) is 0 Å². The Morgan fingerprint density at radius 2 is 2.00 bits per heavy atom. The molecule has 0 unspecified atom stereocenters. The third-order valence-corrected chi connectivity index (χ3v) is 4.22. The van der Waals surface area contributed by atoms with Crippen LogP contribution in [0.1, 0.15) is 38.5 Å². The van der Waals surface area contributed by atoms with Gasteiger partial charge in [-0.15, -0.1) is 0 Å². The monoisotopic (exact) mass is 312 g/mol. The summed E-state index contributed by atoms with van der Waals surface area (Å²) in [5.74, 6) is 0. The minimum absolute atomic E-state index is 0.0557. The summed E-state index contributed by atoms with van der Waals surface area (Å²) in [6.45, 7) is 1.62. The van der Waals surface area contributed by atoms with E-state index in [4.69, 9.17) is 0 Å². The van der Waals surface area contributed by atoms with Gasteiger partial charge in [-0.05, 0) is 40.9 Å². The molecule has 1 aliphatic rings. The maximum absolute atomic E-state index is 11.8. The molecule has 4 heteroatoms. The number of hydrogen-bond donors (Lipinski definition) is 1. The van der Waals surface area contributed by atoms with Gasteiger partial charge in [0.05, 0.1) is 4.47 Å². The van der Waals surface area contributed by atoms with Crippen molar-refractivity contribution in [3.63, 3.8) is 0 Å². The molecule has 0 amide bonds. The standard InChI is InChI=1S/C14H21BrN2O/c15-13-8-5-10-17(14(13)18)11-9-16-12-6-3-1-2-4-7-12/h5,8,10,12,16H,1-4,6-7,9,11H2. The Bertz CT molecular complexity index is 422. The van der Waals surface area contributed by atoms with Crippen LogP contribution >= 0.6 is 15.9 Å². The first-order chi connectivity index (χ1) is 8.77. The predicted octanol–water partition coefficient (Wildman–Crippen LogP) is 2.92. The molecule has 18 heavy (non-hydrogen) atoms. The van der Waals surface area contributed by atoms with Crippen molar-refractivity contribution in [3.05, 3.63) is 33.2 Å². The van der Waals surface area contributed by atoms with Crippen LogP contribution < -0.4 is 10.9 Å². The van der Waals surface area contributed by atoms with Crippen molar-refractivity contribution in [1.29, 1.82) is 0 Å². The largest absolute Gasteiger partial charge is 0.313 e. The summed E-state index contributed by atoms with van der Waals surface area (Å²) in [5.41, 5.74) is 0.0557. The van der Waals surface area contributed by atoms with E-state index < -0.39 is 0 Å². The minimum Gasteiger partial charge on any atom is -0.313 e. The highest BCUT2D eigenvalue weighted by Crippen LogP contribution is 2.16. The van der Waals surface area contributed by atoms with E-state index in [0.29, 0.717) is 10.5 Å². The second-order valence-electron chi connectivity index (χ2n) is 5.00. The molecule has 1 aromatic rings. The average Bonchev–Trinajstić information content (AvgIpc) is 2.63. The van der Waals surface area contributed by atoms with E-state index in [9.17, 15) is 4.79 Å². The molecule has 1 fully saturated rings. The zero-order valence-corrected chi connectivity index (χ0v) is 12.3. The molecule has 1 heterocycles. The molecule has 0 saturated heterocycles. The van der Waals surface area contributed by atoms with Gasteiger partial charge in [-0.1, -0.05) is 25.7 Å². The molecule has 0 atom stereocenters. The summed E-state index contributed by atoms with van der Waals surface area (Å²) < 4.78 is 2.40. The van der Waals surface area contributed by atoms with E-state index in [1.165, 1.54) is 38.5 Å². The molecule has 1 aromatic heterocycles. The van der Waals surface area contributed by atoms with Gasteiger partial charge < -0.3 is 9.88 Å². The van der Waals surface area contributed by atoms with Gasteiger partial charge in [0, 0.05) is 25.3 Å². The molecular formula is C14H21BrN2O. The topological polar surface area (TPSA) is 34.0 Å². The van der Waals surface area contributed by atoms with E-state index in [2.05, 4.69) is 21.2 Å². The number of aromatic nitrogens is 1. The fourth-order valence-corrected chi connectivity index (χ4v) is 2.94. The SMILES string of the molecule is O=c1c(Br)cccn1CCNC1CCCCCC1. The van der Waals surface area contributed by atoms with Crippen LogP contribution in [0.2, 0.25) is 0 Å². The molecule has 0 aromatic carbocycles. The van der Waals surface area contributed by atoms with Crippen molar-refractivity contribution in [2.45, 2.75) is 51.1 Å². The third kappa shape index (κ3) is 3.95. The number of nitrogens with zero attached hydrogens (tertiary/aromatic N) is 1. The minimum atomic E-state index is 0.0557. The number of halogens is 1. The maximum atomic E-state index is 11.8. The summed E-state index contributed by atoms with van der Waals surface area (Å²) >= 11 is 3.27. The highest BCUT2D eigenvalue weighted by Gasteiger charge is 2.11. The van der Waals surface area contributed by atoms with Crippen molar-refractivity contribution >= 4 is 15.9 Å². The quantitative estimate of drug-likeness (QED) is 0.867. The highest BCUT2D eigenvalue weighted by atomic mass is 79.9. The van der Waals surface area contributed by atoms with Gasteiger partial charge in [0.15, 0.2) is 0 Å². The highest BCUT2D eigenvalue weighted by molar-refractivity contribution is 9.10. The molecular weight excluding hydrogens is 292 g/mol. The Labute approximate surface area is 117 Å². The van der Waals surface area contributed by atoms with Gasteiger partial charge in [-0.3, -0.25) is 4.79 Å². The molecule has 2 rings (SSSR count). The molecule has 0 aliphatic heterocycles. The van der Waals surface area contributed by atoms with E-state index in [1.54, 1.807) is 10.6 Å². The van der Waals surface area contributed by atoms with Crippen LogP contribution in [0.25, 0.3) is 0 Å². The maximum Gasteiger partial charge on any atom is 0.264 e. The first-order valence-electron chi connectivity index (χ1n) is 6.86. The van der Waals surface area contributed by atoms with E-state index in [0.717, 1.165) is 13.1 Å². The second kappa shape index (κ2) is 7.10. The first-order valence-corrected chi connectivity index (χ1v) is 7.65. The summed E-state index contributed by atoms with van der Waals surface area (Å²) in [4.78, 5) is 11.8. The molecule has 1 aliphatic carbocycles. The summed E-state index contributed by atoms with van der Waals surface area (Å²) in [6.07, 6.45) is 9.86. The van der Waals surface area contributed by atoms with Crippen LogP contribution in [0.3, 0.4) is 0 Å². The Balaban J connectivity index is 1.81. The van der Waals surface area contributed by atoms with Gasteiger partial charge in [0.2, 0.25) is 0 Å². The molecule has 3 nitrogen and oxygen atoms in total. The number of hydrogen-bond acceptors (Lipinski definition) is 2. The zero-order chi connectivity index (χ0) is 12.8. The molecule has 0 bridgehead atoms. The Morgan fingerprint density at radius 3 is 2.72 bits per heavy atom. The van der Waals surface area contributed by atoms with Crippen LogP contribution in [0.5, 0.6) is 0 Å². The Kier molecular flexibility index (Phi) is 5.45. The molecule has 0 spiro atoms. The molecule has 0 radical (unpaired) electrons. The summed E-state index contributed by atoms with van der Waals surface area (Å²) in [7, 11) is 0. The smallest absolute Gasteiger partial charge is 0.264 e. The van der Waals surface area contributed by atoms with Crippen LogP contribution in [-0.2, 0) is 6.54 Å². The van der Waals surface area contributed by atoms with Crippen molar-refractivity contribution in [1.82, 2.24) is 9.88 Å². The first kappa shape index (κ1) is 13.8. The van der Waals surface area contributed by atoms with E-state index >= 15 is 0 Å². The number of nitrogens with one attached hydrogen (secondary N) is 1. The zero-order valence-electron chi connectivity index (χ0n) is 10.7. The predicted molar refractivity (Wildman–Crippen MR) is 77.9 cm³/mol. The van der Waals surface area contributed by atoms with Crippen molar-refractivity contribution < 1.29 is 0 Å². The van der Waals surface area contributed by atoms with Crippen LogP contribution in [0.15, 0.2) is 27.6 Å². The van der Waals surface area contributed by atoms with Crippen molar-refractivity contribution in [2.75, 3.05) is 6.54 Å². The molecule has 1 N–H and O–H groups in total. The third-order valence-electron chi connectivity index (χ3n) is 3.61. The number of pyridine rings is 1. The average molecular weight is 313 g/mol. The fourth-order valence-electron chi connectivity index (χ4n) is 2.56. The van der Waals surface area contributed by atoms with Crippen molar-refractivity contribution in [2.24, 2.45) is 0 Å². The lowest BCUT2D eigenvalue weighted by Gasteiger charge is -2.16. The van der Waals surface area contributed by atoms with Crippen LogP contribution in [0.4, 0.5) is 0 Å². The Morgan fingerprint density at radius 1 is 1.28 bits per heavy atom. The van der Waals surface area contributed by atoms with Gasteiger partial charge in [-0.2, -0.15) is 0 Å².